The van der Waals surface area contributed by atoms with Crippen LogP contribution < -0.4 is 10.6 Å². The zero-order valence-electron chi connectivity index (χ0n) is 23.2. The molecule has 13 heteroatoms. The molecule has 0 bridgehead atoms. The van der Waals surface area contributed by atoms with Gasteiger partial charge in [-0.3, -0.25) is 15.0 Å². The number of likely N-dealkylation sites (tertiary alicyclic amines) is 2. The molecule has 2 aliphatic rings. The Balaban J connectivity index is 1.41. The summed E-state index contributed by atoms with van der Waals surface area (Å²) >= 11 is 1.09. The van der Waals surface area contributed by atoms with Gasteiger partial charge >= 0.3 is 12.2 Å². The Hall–Kier alpha value is -2.61. The monoisotopic (exact) mass is 599 g/mol. The van der Waals surface area contributed by atoms with Crippen LogP contribution in [0, 0.1) is 24.6 Å². The lowest BCUT2D eigenvalue weighted by Gasteiger charge is -2.43. The number of alkyl halides is 3. The van der Waals surface area contributed by atoms with Crippen molar-refractivity contribution in [2.75, 3.05) is 44.6 Å². The Labute approximate surface area is 241 Å². The first kappa shape index (κ1) is 31.3. The second-order valence-corrected chi connectivity index (χ2v) is 12.2. The van der Waals surface area contributed by atoms with E-state index in [1.165, 1.54) is 19.1 Å². The van der Waals surface area contributed by atoms with Gasteiger partial charge in [-0.05, 0) is 62.8 Å². The molecule has 2 saturated heterocycles. The molecule has 2 aliphatic heterocycles. The van der Waals surface area contributed by atoms with Crippen LogP contribution in [-0.2, 0) is 6.42 Å². The minimum Gasteiger partial charge on any atom is -0.382 e. The van der Waals surface area contributed by atoms with Crippen LogP contribution in [0.1, 0.15) is 47.1 Å². The third kappa shape index (κ3) is 8.94. The SMILES string of the molecule is CC(=O)c1sc(NC(=O)N[C@@H]2CCN(CC(O)C(F)(F)F)C[C@H]2CN2CCC[C@@H](Cc3ccc(F)cc3)C2)nc1C. The van der Waals surface area contributed by atoms with Gasteiger partial charge in [0.05, 0.1) is 10.6 Å². The number of nitrogens with one attached hydrogen (secondary N) is 2. The molecule has 2 fully saturated rings. The van der Waals surface area contributed by atoms with E-state index in [-0.39, 0.29) is 23.6 Å². The summed E-state index contributed by atoms with van der Waals surface area (Å²) in [5, 5.41) is 15.6. The van der Waals surface area contributed by atoms with Crippen molar-refractivity contribution in [3.8, 4) is 0 Å². The molecule has 0 radical (unpaired) electrons. The molecular formula is C28H37F4N5O3S. The molecule has 3 heterocycles. The molecule has 4 atom stereocenters. The van der Waals surface area contributed by atoms with Crippen molar-refractivity contribution >= 4 is 28.3 Å². The maximum atomic E-state index is 13.3. The van der Waals surface area contributed by atoms with E-state index in [0.717, 1.165) is 49.3 Å². The van der Waals surface area contributed by atoms with Crippen LogP contribution >= 0.6 is 11.3 Å². The molecule has 0 spiro atoms. The Kier molecular flexibility index (Phi) is 10.4. The molecule has 41 heavy (non-hydrogen) atoms. The largest absolute Gasteiger partial charge is 0.415 e. The Morgan fingerprint density at radius 1 is 1.15 bits per heavy atom. The Morgan fingerprint density at radius 2 is 1.88 bits per heavy atom. The summed E-state index contributed by atoms with van der Waals surface area (Å²) in [7, 11) is 0. The van der Waals surface area contributed by atoms with Gasteiger partial charge in [-0.25, -0.2) is 14.2 Å². The highest BCUT2D eigenvalue weighted by atomic mass is 32.1. The molecule has 3 N–H and O–H groups in total. The highest BCUT2D eigenvalue weighted by Gasteiger charge is 2.41. The van der Waals surface area contributed by atoms with Gasteiger partial charge in [0.1, 0.15) is 5.82 Å². The van der Waals surface area contributed by atoms with E-state index in [2.05, 4.69) is 20.5 Å². The summed E-state index contributed by atoms with van der Waals surface area (Å²) in [6, 6.07) is 5.71. The van der Waals surface area contributed by atoms with Gasteiger partial charge in [-0.15, -0.1) is 0 Å². The number of rotatable bonds is 9. The lowest BCUT2D eigenvalue weighted by molar-refractivity contribution is -0.209. The molecule has 0 saturated carbocycles. The van der Waals surface area contributed by atoms with Crippen LogP contribution in [0.25, 0.3) is 0 Å². The van der Waals surface area contributed by atoms with Crippen LogP contribution in [0.5, 0.6) is 0 Å². The van der Waals surface area contributed by atoms with E-state index >= 15 is 0 Å². The summed E-state index contributed by atoms with van der Waals surface area (Å²) in [5.74, 6) is -0.228. The summed E-state index contributed by atoms with van der Waals surface area (Å²) in [6.07, 6.45) is -3.90. The first-order chi connectivity index (χ1) is 19.4. The van der Waals surface area contributed by atoms with Crippen molar-refractivity contribution in [3.63, 3.8) is 0 Å². The van der Waals surface area contributed by atoms with Crippen LogP contribution in [0.2, 0.25) is 0 Å². The molecular weight excluding hydrogens is 562 g/mol. The number of carbonyl (C=O) groups excluding carboxylic acids is 2. The van der Waals surface area contributed by atoms with Crippen LogP contribution in [0.15, 0.2) is 24.3 Å². The number of Topliss-reactive ketones (excluding diaryl/α,β-unsaturated/α-hetero) is 1. The maximum Gasteiger partial charge on any atom is 0.415 e. The van der Waals surface area contributed by atoms with Crippen LogP contribution in [0.3, 0.4) is 0 Å². The maximum absolute atomic E-state index is 13.3. The number of ketones is 1. The quantitative estimate of drug-likeness (QED) is 0.291. The number of aliphatic hydroxyl groups is 1. The van der Waals surface area contributed by atoms with Crippen molar-refractivity contribution in [1.29, 1.82) is 0 Å². The van der Waals surface area contributed by atoms with E-state index in [1.807, 2.05) is 0 Å². The summed E-state index contributed by atoms with van der Waals surface area (Å²) < 4.78 is 52.5. The molecule has 8 nitrogen and oxygen atoms in total. The number of amides is 2. The highest BCUT2D eigenvalue weighted by Crippen LogP contribution is 2.28. The van der Waals surface area contributed by atoms with Gasteiger partial charge in [0.25, 0.3) is 0 Å². The summed E-state index contributed by atoms with van der Waals surface area (Å²) in [4.78, 5) is 33.3. The number of anilines is 1. The average molecular weight is 600 g/mol. The number of aryl methyl sites for hydroxylation is 1. The molecule has 2 aromatic rings. The lowest BCUT2D eigenvalue weighted by Crippen LogP contribution is -2.57. The number of piperidine rings is 2. The minimum absolute atomic E-state index is 0.138. The predicted molar refractivity (Wildman–Crippen MR) is 149 cm³/mol. The molecule has 0 aliphatic carbocycles. The number of halogens is 4. The van der Waals surface area contributed by atoms with Crippen molar-refractivity contribution in [2.24, 2.45) is 11.8 Å². The summed E-state index contributed by atoms with van der Waals surface area (Å²) in [5.41, 5.74) is 1.59. The van der Waals surface area contributed by atoms with Gasteiger partial charge in [-0.2, -0.15) is 13.2 Å². The first-order valence-corrected chi connectivity index (χ1v) is 14.7. The fraction of sp³-hybridized carbons (Fsp3) is 0.607. The van der Waals surface area contributed by atoms with E-state index < -0.39 is 24.9 Å². The predicted octanol–water partition coefficient (Wildman–Crippen LogP) is 4.48. The number of thiazole rings is 1. The number of aliphatic hydroxyl groups excluding tert-OH is 1. The lowest BCUT2D eigenvalue weighted by atomic mass is 9.88. The molecule has 1 aromatic heterocycles. The van der Waals surface area contributed by atoms with E-state index in [9.17, 15) is 32.3 Å². The second kappa shape index (κ2) is 13.6. The first-order valence-electron chi connectivity index (χ1n) is 13.9. The third-order valence-corrected chi connectivity index (χ3v) is 8.99. The molecule has 1 aromatic carbocycles. The van der Waals surface area contributed by atoms with E-state index in [4.69, 9.17) is 0 Å². The van der Waals surface area contributed by atoms with Crippen LogP contribution in [-0.4, -0.2) is 89.3 Å². The average Bonchev–Trinajstić information content (AvgIpc) is 3.26. The van der Waals surface area contributed by atoms with Crippen LogP contribution in [0.4, 0.5) is 27.5 Å². The number of urea groups is 1. The fourth-order valence-electron chi connectivity index (χ4n) is 5.84. The molecule has 4 rings (SSSR count). The van der Waals surface area contributed by atoms with Crippen molar-refractivity contribution in [2.45, 2.75) is 57.9 Å². The molecule has 226 valence electrons. The van der Waals surface area contributed by atoms with Crippen molar-refractivity contribution in [1.82, 2.24) is 20.1 Å². The molecule has 1 unspecified atom stereocenters. The normalized spacial score (nSPS) is 23.2. The minimum atomic E-state index is -4.70. The zero-order valence-corrected chi connectivity index (χ0v) is 24.0. The van der Waals surface area contributed by atoms with Crippen molar-refractivity contribution < 1.29 is 32.3 Å². The topological polar surface area (TPSA) is 97.8 Å². The number of hydrogen-bond donors (Lipinski definition) is 3. The number of nitrogens with zero attached hydrogens (tertiary/aromatic N) is 3. The number of benzene rings is 1. The summed E-state index contributed by atoms with van der Waals surface area (Å²) in [6.45, 7) is 5.42. The Bertz CT molecular complexity index is 1190. The van der Waals surface area contributed by atoms with E-state index in [0.29, 0.717) is 47.7 Å². The van der Waals surface area contributed by atoms with Crippen molar-refractivity contribution in [3.05, 3.63) is 46.2 Å². The number of carbonyl (C=O) groups is 2. The second-order valence-electron chi connectivity index (χ2n) is 11.2. The van der Waals surface area contributed by atoms with Gasteiger partial charge in [0, 0.05) is 51.6 Å². The van der Waals surface area contributed by atoms with Gasteiger partial charge in [0.15, 0.2) is 17.0 Å². The Morgan fingerprint density at radius 3 is 2.54 bits per heavy atom. The van der Waals surface area contributed by atoms with Gasteiger partial charge < -0.3 is 15.3 Å². The van der Waals surface area contributed by atoms with E-state index in [1.54, 1.807) is 24.0 Å². The highest BCUT2D eigenvalue weighted by molar-refractivity contribution is 7.17. The van der Waals surface area contributed by atoms with Gasteiger partial charge in [0.2, 0.25) is 0 Å². The standard InChI is InChI=1S/C28H37F4N5O3S/c1-17-25(18(2)38)41-27(33-17)35-26(40)34-23-9-11-37(16-24(39)28(30,31)32)15-21(23)14-36-10-3-4-20(13-36)12-19-5-7-22(29)8-6-19/h5-8,20-21,23-24,39H,3-4,9-16H2,1-2H3,(H2,33,34,35,40)/t20-,21+,23+,24?/m0/s1. The van der Waals surface area contributed by atoms with Gasteiger partial charge in [-0.1, -0.05) is 23.5 Å². The number of aromatic nitrogens is 1. The number of hydrogen-bond acceptors (Lipinski definition) is 7. The number of β-amino-alcohol motifs (C(OH)–C–C–N with tert-alkyl or cyclic N) is 1. The fourth-order valence-corrected chi connectivity index (χ4v) is 6.70. The zero-order chi connectivity index (χ0) is 29.7. The third-order valence-electron chi connectivity index (χ3n) is 7.81. The smallest absolute Gasteiger partial charge is 0.382 e. The molecule has 2 amide bonds.